The number of nitrogens with zero attached hydrogens (tertiary/aromatic N) is 4. The maximum atomic E-state index is 14.1. The van der Waals surface area contributed by atoms with E-state index in [1.807, 2.05) is 0 Å². The van der Waals surface area contributed by atoms with E-state index in [1.165, 1.54) is 28.9 Å². The topological polar surface area (TPSA) is 137 Å². The smallest absolute Gasteiger partial charge is 0.274 e. The van der Waals surface area contributed by atoms with Gasteiger partial charge in [0.25, 0.3) is 11.6 Å². The molecule has 1 aliphatic heterocycles. The standard InChI is InChI=1S/C25H28FN5O6S/c1-4-16(2)28-38(35,36)22-15-20(31(33)34)10-11-21(22)37-25-17(3)23(24(32)29-12-5-6-13-29)27-30(25)19-9-7-8-18(26)14-19/h7-11,14-16,28H,4-6,12-13H2,1-3H3. The van der Waals surface area contributed by atoms with Crippen LogP contribution in [0.5, 0.6) is 11.6 Å². The number of amides is 1. The zero-order chi connectivity index (χ0) is 27.6. The average molecular weight is 546 g/mol. The Bertz CT molecular complexity index is 1480. The molecule has 1 N–H and O–H groups in total. The number of likely N-dealkylation sites (tertiary alicyclic amines) is 1. The van der Waals surface area contributed by atoms with Crippen molar-refractivity contribution in [3.8, 4) is 17.3 Å². The third-order valence-electron chi connectivity index (χ3n) is 6.32. The van der Waals surface area contributed by atoms with E-state index in [2.05, 4.69) is 9.82 Å². The molecule has 0 saturated carbocycles. The van der Waals surface area contributed by atoms with Crippen LogP contribution in [0.3, 0.4) is 0 Å². The lowest BCUT2D eigenvalue weighted by atomic mass is 10.2. The summed E-state index contributed by atoms with van der Waals surface area (Å²) in [4.78, 5) is 25.1. The number of halogens is 1. The van der Waals surface area contributed by atoms with Gasteiger partial charge in [-0.05, 0) is 57.4 Å². The van der Waals surface area contributed by atoms with Crippen LogP contribution in [0.1, 0.15) is 49.2 Å². The van der Waals surface area contributed by atoms with Gasteiger partial charge in [0.05, 0.1) is 10.6 Å². The Morgan fingerprint density at radius 2 is 1.95 bits per heavy atom. The van der Waals surface area contributed by atoms with Gasteiger partial charge in [-0.2, -0.15) is 9.78 Å². The molecular formula is C25H28FN5O6S. The molecule has 3 aromatic rings. The highest BCUT2D eigenvalue weighted by Crippen LogP contribution is 2.36. The second-order valence-electron chi connectivity index (χ2n) is 9.09. The fourth-order valence-corrected chi connectivity index (χ4v) is 5.55. The molecule has 4 rings (SSSR count). The number of aromatic nitrogens is 2. The summed E-state index contributed by atoms with van der Waals surface area (Å²) in [6.45, 7) is 6.20. The second-order valence-corrected chi connectivity index (χ2v) is 10.8. The van der Waals surface area contributed by atoms with Gasteiger partial charge in [-0.25, -0.2) is 17.5 Å². The van der Waals surface area contributed by atoms with Crippen LogP contribution in [-0.4, -0.2) is 53.1 Å². The first kappa shape index (κ1) is 27.2. The average Bonchev–Trinajstić information content (AvgIpc) is 3.52. The third kappa shape index (κ3) is 5.53. The molecule has 2 aromatic carbocycles. The van der Waals surface area contributed by atoms with Crippen LogP contribution in [-0.2, 0) is 10.0 Å². The Balaban J connectivity index is 1.87. The first-order valence-corrected chi connectivity index (χ1v) is 13.6. The maximum absolute atomic E-state index is 14.1. The minimum Gasteiger partial charge on any atom is -0.437 e. The Morgan fingerprint density at radius 3 is 2.58 bits per heavy atom. The van der Waals surface area contributed by atoms with Gasteiger partial charge in [-0.3, -0.25) is 14.9 Å². The summed E-state index contributed by atoms with van der Waals surface area (Å²) in [5.74, 6) is -1.11. The number of carbonyl (C=O) groups is 1. The second kappa shape index (κ2) is 10.9. The molecule has 1 amide bonds. The van der Waals surface area contributed by atoms with Gasteiger partial charge >= 0.3 is 0 Å². The van der Waals surface area contributed by atoms with Crippen LogP contribution in [0.2, 0.25) is 0 Å². The molecule has 1 fully saturated rings. The van der Waals surface area contributed by atoms with Crippen LogP contribution >= 0.6 is 0 Å². The van der Waals surface area contributed by atoms with Crippen molar-refractivity contribution in [3.63, 3.8) is 0 Å². The maximum Gasteiger partial charge on any atom is 0.274 e. The normalized spacial score (nSPS) is 14.5. The molecule has 0 aliphatic carbocycles. The lowest BCUT2D eigenvalue weighted by molar-refractivity contribution is -0.385. The van der Waals surface area contributed by atoms with Crippen LogP contribution in [0.25, 0.3) is 5.69 Å². The van der Waals surface area contributed by atoms with Gasteiger partial charge < -0.3 is 9.64 Å². The van der Waals surface area contributed by atoms with Crippen LogP contribution in [0, 0.1) is 22.9 Å². The molecular weight excluding hydrogens is 517 g/mol. The number of nitro benzene ring substituents is 1. The van der Waals surface area contributed by atoms with E-state index in [9.17, 15) is 27.7 Å². The molecule has 2 heterocycles. The monoisotopic (exact) mass is 545 g/mol. The van der Waals surface area contributed by atoms with E-state index in [4.69, 9.17) is 4.74 Å². The zero-order valence-electron chi connectivity index (χ0n) is 21.2. The predicted octanol–water partition coefficient (Wildman–Crippen LogP) is 4.33. The van der Waals surface area contributed by atoms with Crippen molar-refractivity contribution in [2.24, 2.45) is 0 Å². The van der Waals surface area contributed by atoms with Crippen LogP contribution in [0.4, 0.5) is 10.1 Å². The minimum absolute atomic E-state index is 0.0213. The highest BCUT2D eigenvalue weighted by atomic mass is 32.2. The number of nitrogens with one attached hydrogen (secondary N) is 1. The largest absolute Gasteiger partial charge is 0.437 e. The fraction of sp³-hybridized carbons (Fsp3) is 0.360. The first-order valence-electron chi connectivity index (χ1n) is 12.1. The summed E-state index contributed by atoms with van der Waals surface area (Å²) in [5, 5.41) is 15.8. The number of sulfonamides is 1. The molecule has 0 spiro atoms. The highest BCUT2D eigenvalue weighted by molar-refractivity contribution is 7.89. The molecule has 1 aromatic heterocycles. The van der Waals surface area contributed by atoms with Crippen molar-refractivity contribution in [2.75, 3.05) is 13.1 Å². The van der Waals surface area contributed by atoms with Crippen molar-refractivity contribution in [1.82, 2.24) is 19.4 Å². The van der Waals surface area contributed by atoms with Gasteiger partial charge in [0.1, 0.15) is 16.5 Å². The molecule has 202 valence electrons. The molecule has 11 nitrogen and oxygen atoms in total. The fourth-order valence-electron chi connectivity index (χ4n) is 4.08. The summed E-state index contributed by atoms with van der Waals surface area (Å²) in [6.07, 6.45) is 2.22. The summed E-state index contributed by atoms with van der Waals surface area (Å²) < 4.78 is 50.3. The Hall–Kier alpha value is -3.84. The Labute approximate surface area is 219 Å². The van der Waals surface area contributed by atoms with Crippen molar-refractivity contribution < 1.29 is 27.3 Å². The van der Waals surface area contributed by atoms with E-state index < -0.39 is 37.4 Å². The zero-order valence-corrected chi connectivity index (χ0v) is 22.0. The van der Waals surface area contributed by atoms with Crippen LogP contribution < -0.4 is 9.46 Å². The van der Waals surface area contributed by atoms with E-state index in [0.29, 0.717) is 25.1 Å². The van der Waals surface area contributed by atoms with Crippen LogP contribution in [0.15, 0.2) is 47.4 Å². The van der Waals surface area contributed by atoms with Gasteiger partial charge in [-0.1, -0.05) is 13.0 Å². The first-order chi connectivity index (χ1) is 18.0. The molecule has 0 radical (unpaired) electrons. The van der Waals surface area contributed by atoms with Gasteiger partial charge in [-0.15, -0.1) is 0 Å². The molecule has 0 bridgehead atoms. The summed E-state index contributed by atoms with van der Waals surface area (Å²) >= 11 is 0. The molecule has 38 heavy (non-hydrogen) atoms. The third-order valence-corrected chi connectivity index (χ3v) is 7.93. The lowest BCUT2D eigenvalue weighted by Crippen LogP contribution is -2.32. The molecule has 1 unspecified atom stereocenters. The van der Waals surface area contributed by atoms with E-state index in [1.54, 1.807) is 31.7 Å². The Morgan fingerprint density at radius 1 is 1.24 bits per heavy atom. The number of hydrogen-bond donors (Lipinski definition) is 1. The van der Waals surface area contributed by atoms with Gasteiger partial charge in [0.2, 0.25) is 15.9 Å². The van der Waals surface area contributed by atoms with E-state index in [-0.39, 0.29) is 28.9 Å². The van der Waals surface area contributed by atoms with Gasteiger partial charge in [0.15, 0.2) is 5.69 Å². The number of hydrogen-bond acceptors (Lipinski definition) is 7. The number of rotatable bonds is 9. The van der Waals surface area contributed by atoms with Crippen molar-refractivity contribution in [1.29, 1.82) is 0 Å². The number of non-ortho nitro benzene ring substituents is 1. The Kier molecular flexibility index (Phi) is 7.78. The van der Waals surface area contributed by atoms with E-state index >= 15 is 0 Å². The van der Waals surface area contributed by atoms with Crippen molar-refractivity contribution in [2.45, 2.75) is 51.0 Å². The summed E-state index contributed by atoms with van der Waals surface area (Å²) in [5.41, 5.74) is 0.188. The van der Waals surface area contributed by atoms with E-state index in [0.717, 1.165) is 25.0 Å². The molecule has 13 heteroatoms. The van der Waals surface area contributed by atoms with Crippen molar-refractivity contribution in [3.05, 3.63) is 69.7 Å². The summed E-state index contributed by atoms with van der Waals surface area (Å²) in [7, 11) is -4.24. The SMILES string of the molecule is CCC(C)NS(=O)(=O)c1cc([N+](=O)[O-])ccc1Oc1c(C)c(C(=O)N2CCCC2)nn1-c1cccc(F)c1. The quantitative estimate of drug-likeness (QED) is 0.312. The van der Waals surface area contributed by atoms with Gasteiger partial charge in [0, 0.05) is 36.8 Å². The number of ether oxygens (including phenoxy) is 1. The lowest BCUT2D eigenvalue weighted by Gasteiger charge is -2.16. The molecule has 1 atom stereocenters. The number of carbonyl (C=O) groups excluding carboxylic acids is 1. The number of nitro groups is 1. The molecule has 1 saturated heterocycles. The molecule has 1 aliphatic rings. The summed E-state index contributed by atoms with van der Waals surface area (Å²) in [6, 6.07) is 8.22. The number of benzene rings is 2. The minimum atomic E-state index is -4.24. The highest BCUT2D eigenvalue weighted by Gasteiger charge is 2.30. The van der Waals surface area contributed by atoms with Crippen molar-refractivity contribution >= 4 is 21.6 Å². The predicted molar refractivity (Wildman–Crippen MR) is 137 cm³/mol.